The van der Waals surface area contributed by atoms with Crippen molar-refractivity contribution in [2.24, 2.45) is 7.05 Å². The summed E-state index contributed by atoms with van der Waals surface area (Å²) in [6.07, 6.45) is 0.667. The van der Waals surface area contributed by atoms with Gasteiger partial charge in [0.15, 0.2) is 12.1 Å². The minimum absolute atomic E-state index is 0.206. The van der Waals surface area contributed by atoms with Crippen LogP contribution in [0.25, 0.3) is 22.3 Å². The SMILES string of the molecule is Cc1cc(-c2ccc3c(c2)nc(C)n3C)nc(C=O)n1. The molecule has 0 aliphatic carbocycles. The van der Waals surface area contributed by atoms with E-state index in [0.29, 0.717) is 6.29 Å². The van der Waals surface area contributed by atoms with Crippen molar-refractivity contribution in [2.45, 2.75) is 13.8 Å². The highest BCUT2D eigenvalue weighted by Crippen LogP contribution is 2.23. The van der Waals surface area contributed by atoms with Crippen LogP contribution in [0.3, 0.4) is 0 Å². The third kappa shape index (κ3) is 1.97. The lowest BCUT2D eigenvalue weighted by atomic mass is 10.1. The minimum atomic E-state index is 0.206. The number of imidazole rings is 1. The Morgan fingerprint density at radius 1 is 1.10 bits per heavy atom. The van der Waals surface area contributed by atoms with Gasteiger partial charge in [0.25, 0.3) is 0 Å². The molecule has 2 aromatic heterocycles. The summed E-state index contributed by atoms with van der Waals surface area (Å²) in [5.41, 5.74) is 4.45. The average molecular weight is 266 g/mol. The van der Waals surface area contributed by atoms with Crippen molar-refractivity contribution in [1.82, 2.24) is 19.5 Å². The fraction of sp³-hybridized carbons (Fsp3) is 0.200. The molecule has 5 nitrogen and oxygen atoms in total. The Hall–Kier alpha value is -2.56. The highest BCUT2D eigenvalue weighted by molar-refractivity contribution is 5.82. The van der Waals surface area contributed by atoms with Crippen LogP contribution in [0.15, 0.2) is 24.3 Å². The van der Waals surface area contributed by atoms with Crippen LogP contribution >= 0.6 is 0 Å². The number of nitrogens with zero attached hydrogens (tertiary/aromatic N) is 4. The monoisotopic (exact) mass is 266 g/mol. The maximum absolute atomic E-state index is 10.9. The van der Waals surface area contributed by atoms with Gasteiger partial charge in [0.2, 0.25) is 0 Å². The Balaban J connectivity index is 2.19. The first-order chi connectivity index (χ1) is 9.58. The summed E-state index contributed by atoms with van der Waals surface area (Å²) in [5, 5.41) is 0. The number of hydrogen-bond donors (Lipinski definition) is 0. The average Bonchev–Trinajstić information content (AvgIpc) is 2.73. The molecule has 2 heterocycles. The molecule has 0 bridgehead atoms. The first-order valence-electron chi connectivity index (χ1n) is 6.33. The van der Waals surface area contributed by atoms with Gasteiger partial charge in [-0.3, -0.25) is 4.79 Å². The summed E-state index contributed by atoms with van der Waals surface area (Å²) in [6, 6.07) is 7.85. The summed E-state index contributed by atoms with van der Waals surface area (Å²) >= 11 is 0. The third-order valence-corrected chi connectivity index (χ3v) is 3.38. The van der Waals surface area contributed by atoms with Gasteiger partial charge in [-0.1, -0.05) is 6.07 Å². The molecule has 0 aliphatic heterocycles. The molecule has 100 valence electrons. The van der Waals surface area contributed by atoms with Gasteiger partial charge in [0.05, 0.1) is 16.7 Å². The lowest BCUT2D eigenvalue weighted by Gasteiger charge is -2.03. The van der Waals surface area contributed by atoms with E-state index >= 15 is 0 Å². The van der Waals surface area contributed by atoms with Crippen molar-refractivity contribution >= 4 is 17.3 Å². The summed E-state index contributed by atoms with van der Waals surface area (Å²) in [5.74, 6) is 1.17. The zero-order chi connectivity index (χ0) is 14.3. The molecule has 0 saturated heterocycles. The standard InChI is InChI=1S/C15H14N4O/c1-9-6-12(18-15(8-20)16-9)11-4-5-14-13(7-11)17-10(2)19(14)3/h4-8H,1-3H3. The zero-order valence-electron chi connectivity index (χ0n) is 11.6. The first-order valence-corrected chi connectivity index (χ1v) is 6.33. The molecule has 20 heavy (non-hydrogen) atoms. The molecule has 0 spiro atoms. The highest BCUT2D eigenvalue weighted by Gasteiger charge is 2.08. The van der Waals surface area contributed by atoms with Gasteiger partial charge in [0.1, 0.15) is 5.82 Å². The van der Waals surface area contributed by atoms with E-state index in [1.165, 1.54) is 0 Å². The maximum Gasteiger partial charge on any atom is 0.193 e. The van der Waals surface area contributed by atoms with Crippen LogP contribution < -0.4 is 0 Å². The van der Waals surface area contributed by atoms with E-state index in [4.69, 9.17) is 0 Å². The molecular formula is C15H14N4O. The Labute approximate surface area is 116 Å². The van der Waals surface area contributed by atoms with Crippen LogP contribution in [-0.4, -0.2) is 25.8 Å². The Morgan fingerprint density at radius 2 is 1.90 bits per heavy atom. The number of aromatic nitrogens is 4. The summed E-state index contributed by atoms with van der Waals surface area (Å²) in [4.78, 5) is 23.7. The van der Waals surface area contributed by atoms with Crippen molar-refractivity contribution in [3.05, 3.63) is 41.6 Å². The van der Waals surface area contributed by atoms with E-state index in [1.54, 1.807) is 0 Å². The number of hydrogen-bond acceptors (Lipinski definition) is 4. The lowest BCUT2D eigenvalue weighted by molar-refractivity contribution is 0.111. The van der Waals surface area contributed by atoms with Crippen molar-refractivity contribution in [3.63, 3.8) is 0 Å². The molecule has 3 aromatic rings. The molecule has 0 amide bonds. The molecule has 0 saturated carbocycles. The zero-order valence-corrected chi connectivity index (χ0v) is 11.6. The number of carbonyl (C=O) groups is 1. The minimum Gasteiger partial charge on any atom is -0.331 e. The quantitative estimate of drug-likeness (QED) is 0.668. The predicted octanol–water partition coefficient (Wildman–Crippen LogP) is 2.46. The first kappa shape index (κ1) is 12.5. The molecule has 0 unspecified atom stereocenters. The number of benzene rings is 1. The number of rotatable bonds is 2. The molecule has 3 rings (SSSR count). The number of fused-ring (bicyclic) bond motifs is 1. The van der Waals surface area contributed by atoms with Gasteiger partial charge >= 0.3 is 0 Å². The van der Waals surface area contributed by atoms with Crippen LogP contribution in [0.5, 0.6) is 0 Å². The van der Waals surface area contributed by atoms with E-state index in [9.17, 15) is 4.79 Å². The second kappa shape index (κ2) is 4.52. The Bertz CT molecular complexity index is 820. The highest BCUT2D eigenvalue weighted by atomic mass is 16.1. The van der Waals surface area contributed by atoms with Crippen molar-refractivity contribution in [3.8, 4) is 11.3 Å². The largest absolute Gasteiger partial charge is 0.331 e. The van der Waals surface area contributed by atoms with E-state index in [0.717, 1.165) is 33.8 Å². The lowest BCUT2D eigenvalue weighted by Crippen LogP contribution is -1.97. The molecular weight excluding hydrogens is 252 g/mol. The fourth-order valence-corrected chi connectivity index (χ4v) is 2.27. The van der Waals surface area contributed by atoms with Gasteiger partial charge in [-0.25, -0.2) is 15.0 Å². The molecule has 0 atom stereocenters. The van der Waals surface area contributed by atoms with E-state index in [2.05, 4.69) is 15.0 Å². The van der Waals surface area contributed by atoms with E-state index < -0.39 is 0 Å². The Kier molecular flexibility index (Phi) is 2.82. The topological polar surface area (TPSA) is 60.7 Å². The second-order valence-corrected chi connectivity index (χ2v) is 4.79. The van der Waals surface area contributed by atoms with Crippen LogP contribution in [0.4, 0.5) is 0 Å². The third-order valence-electron chi connectivity index (χ3n) is 3.38. The maximum atomic E-state index is 10.9. The van der Waals surface area contributed by atoms with Crippen molar-refractivity contribution in [1.29, 1.82) is 0 Å². The van der Waals surface area contributed by atoms with E-state index in [-0.39, 0.29) is 5.82 Å². The van der Waals surface area contributed by atoms with E-state index in [1.807, 2.05) is 49.7 Å². The summed E-state index contributed by atoms with van der Waals surface area (Å²) in [7, 11) is 1.99. The predicted molar refractivity (Wildman–Crippen MR) is 76.6 cm³/mol. The van der Waals surface area contributed by atoms with Crippen molar-refractivity contribution in [2.75, 3.05) is 0 Å². The van der Waals surface area contributed by atoms with Gasteiger partial charge < -0.3 is 4.57 Å². The normalized spacial score (nSPS) is 10.9. The number of aryl methyl sites for hydroxylation is 3. The molecule has 0 aliphatic rings. The van der Waals surface area contributed by atoms with Crippen LogP contribution in [-0.2, 0) is 7.05 Å². The molecule has 0 fully saturated rings. The van der Waals surface area contributed by atoms with Crippen LogP contribution in [0, 0.1) is 13.8 Å². The smallest absolute Gasteiger partial charge is 0.193 e. The van der Waals surface area contributed by atoms with Gasteiger partial charge in [0, 0.05) is 18.3 Å². The fourth-order valence-electron chi connectivity index (χ4n) is 2.27. The molecule has 0 N–H and O–H groups in total. The van der Waals surface area contributed by atoms with Gasteiger partial charge in [-0.15, -0.1) is 0 Å². The van der Waals surface area contributed by atoms with Crippen molar-refractivity contribution < 1.29 is 4.79 Å². The molecule has 1 aromatic carbocycles. The van der Waals surface area contributed by atoms with Crippen LogP contribution in [0.2, 0.25) is 0 Å². The number of aldehydes is 1. The van der Waals surface area contributed by atoms with Gasteiger partial charge in [-0.2, -0.15) is 0 Å². The molecule has 0 radical (unpaired) electrons. The van der Waals surface area contributed by atoms with Crippen LogP contribution in [0.1, 0.15) is 22.1 Å². The number of carbonyl (C=O) groups excluding carboxylic acids is 1. The Morgan fingerprint density at radius 3 is 2.65 bits per heavy atom. The molecule has 5 heteroatoms. The summed E-state index contributed by atoms with van der Waals surface area (Å²) in [6.45, 7) is 3.82. The second-order valence-electron chi connectivity index (χ2n) is 4.79. The van der Waals surface area contributed by atoms with Gasteiger partial charge in [-0.05, 0) is 32.0 Å². The summed E-state index contributed by atoms with van der Waals surface area (Å²) < 4.78 is 2.04.